The lowest BCUT2D eigenvalue weighted by Gasteiger charge is -2.22. The molecule has 0 saturated heterocycles. The van der Waals surface area contributed by atoms with Gasteiger partial charge in [0.05, 0.1) is 29.6 Å². The van der Waals surface area contributed by atoms with Crippen LogP contribution in [-0.4, -0.2) is 23.2 Å². The number of nitrogens with one attached hydrogen (secondary N) is 1. The minimum Gasteiger partial charge on any atom is -0.465 e. The number of fused-ring (bicyclic) bond motifs is 1. The summed E-state index contributed by atoms with van der Waals surface area (Å²) in [5, 5.41) is 15.3. The zero-order valence-electron chi connectivity index (χ0n) is 17.5. The maximum absolute atomic E-state index is 14.7. The van der Waals surface area contributed by atoms with Gasteiger partial charge < -0.3 is 15.2 Å². The summed E-state index contributed by atoms with van der Waals surface area (Å²) in [6.45, 7) is 0. The number of anilines is 1. The summed E-state index contributed by atoms with van der Waals surface area (Å²) in [5.74, 6) is -1.32. The Bertz CT molecular complexity index is 1330. The number of alkyl halides is 1. The Morgan fingerprint density at radius 1 is 1.15 bits per heavy atom. The van der Waals surface area contributed by atoms with Crippen LogP contribution in [0.1, 0.15) is 27.7 Å². The highest BCUT2D eigenvalue weighted by molar-refractivity contribution is 9.10. The Morgan fingerprint density at radius 2 is 1.91 bits per heavy atom. The molecule has 0 amide bonds. The maximum Gasteiger partial charge on any atom is 0.337 e. The molecule has 5 nitrogen and oxygen atoms in total. The Morgan fingerprint density at radius 3 is 2.58 bits per heavy atom. The first-order valence-electron chi connectivity index (χ1n) is 9.98. The van der Waals surface area contributed by atoms with Crippen LogP contribution < -0.4 is 5.32 Å². The number of methoxy groups -OCH3 is 1. The van der Waals surface area contributed by atoms with Crippen molar-refractivity contribution in [1.82, 2.24) is 4.98 Å². The van der Waals surface area contributed by atoms with Crippen molar-refractivity contribution in [2.75, 3.05) is 12.4 Å². The smallest absolute Gasteiger partial charge is 0.337 e. The van der Waals surface area contributed by atoms with Gasteiger partial charge in [-0.05, 0) is 42.0 Å². The second-order valence-corrected chi connectivity index (χ2v) is 8.72. The monoisotopic (exact) mass is 572 g/mol. The van der Waals surface area contributed by atoms with Crippen LogP contribution in [0.15, 0.2) is 71.2 Å². The van der Waals surface area contributed by atoms with E-state index in [0.29, 0.717) is 16.4 Å². The fraction of sp³-hybridized carbons (Fsp3) is 0.120. The third-order valence-electron chi connectivity index (χ3n) is 5.23. The Balaban J connectivity index is 1.85. The van der Waals surface area contributed by atoms with E-state index >= 15 is 0 Å². The quantitative estimate of drug-likeness (QED) is 0.155. The standard InChI is InChI=1S/C25H19Br2FN2O3/c1-33-25(32)15-7-9-21(19(28)11-15)30-24(31)22-17-12-16(27)8-10-20(17)29-23(18(22)13-26)14-5-3-2-4-6-14/h2-12,24,30-31H,13H2,1H3. The van der Waals surface area contributed by atoms with Crippen molar-refractivity contribution in [1.29, 1.82) is 0 Å². The number of carbonyl (C=O) groups excluding carboxylic acids is 1. The van der Waals surface area contributed by atoms with E-state index in [1.54, 1.807) is 0 Å². The van der Waals surface area contributed by atoms with Crippen LogP contribution in [-0.2, 0) is 10.1 Å². The molecule has 8 heteroatoms. The number of aliphatic hydroxyl groups is 1. The number of rotatable bonds is 6. The molecule has 0 bridgehead atoms. The Kier molecular flexibility index (Phi) is 7.07. The van der Waals surface area contributed by atoms with Crippen molar-refractivity contribution in [3.63, 3.8) is 0 Å². The molecule has 0 aliphatic carbocycles. The molecular weight excluding hydrogens is 555 g/mol. The van der Waals surface area contributed by atoms with Gasteiger partial charge in [-0.25, -0.2) is 14.2 Å². The molecule has 0 fully saturated rings. The van der Waals surface area contributed by atoms with Crippen molar-refractivity contribution >= 4 is 54.4 Å². The number of esters is 1. The first-order chi connectivity index (χ1) is 15.9. The number of halogens is 3. The summed E-state index contributed by atoms with van der Waals surface area (Å²) in [4.78, 5) is 16.5. The molecule has 4 rings (SSSR count). The number of hydrogen-bond donors (Lipinski definition) is 2. The van der Waals surface area contributed by atoms with Gasteiger partial charge in [0.1, 0.15) is 5.82 Å². The zero-order chi connectivity index (χ0) is 23.5. The third kappa shape index (κ3) is 4.78. The highest BCUT2D eigenvalue weighted by Crippen LogP contribution is 2.37. The van der Waals surface area contributed by atoms with E-state index < -0.39 is 18.0 Å². The summed E-state index contributed by atoms with van der Waals surface area (Å²) in [6, 6.07) is 19.2. The molecule has 33 heavy (non-hydrogen) atoms. The van der Waals surface area contributed by atoms with Gasteiger partial charge in [0.2, 0.25) is 0 Å². The van der Waals surface area contributed by atoms with E-state index in [-0.39, 0.29) is 11.3 Å². The number of benzene rings is 3. The molecule has 0 spiro atoms. The predicted octanol–water partition coefficient (Wildman–Crippen LogP) is 6.59. The average molecular weight is 574 g/mol. The van der Waals surface area contributed by atoms with Crippen LogP contribution in [0.5, 0.6) is 0 Å². The summed E-state index contributed by atoms with van der Waals surface area (Å²) in [5.41, 5.74) is 3.81. The molecule has 1 unspecified atom stereocenters. The van der Waals surface area contributed by atoms with Crippen LogP contribution in [0.25, 0.3) is 22.2 Å². The van der Waals surface area contributed by atoms with E-state index in [1.165, 1.54) is 19.2 Å². The van der Waals surface area contributed by atoms with Gasteiger partial charge in [-0.2, -0.15) is 0 Å². The van der Waals surface area contributed by atoms with Crippen LogP contribution in [0.3, 0.4) is 0 Å². The van der Waals surface area contributed by atoms with Crippen molar-refractivity contribution in [3.8, 4) is 11.3 Å². The normalized spacial score (nSPS) is 11.9. The van der Waals surface area contributed by atoms with E-state index in [9.17, 15) is 14.3 Å². The van der Waals surface area contributed by atoms with E-state index in [0.717, 1.165) is 32.7 Å². The predicted molar refractivity (Wildman–Crippen MR) is 134 cm³/mol. The fourth-order valence-corrected chi connectivity index (χ4v) is 4.61. The number of nitrogens with zero attached hydrogens (tertiary/aromatic N) is 1. The van der Waals surface area contributed by atoms with Crippen LogP contribution in [0.2, 0.25) is 0 Å². The van der Waals surface area contributed by atoms with E-state index in [1.807, 2.05) is 48.5 Å². The molecule has 0 aliphatic rings. The second kappa shape index (κ2) is 9.99. The third-order valence-corrected chi connectivity index (χ3v) is 6.28. The molecule has 2 N–H and O–H groups in total. The highest BCUT2D eigenvalue weighted by atomic mass is 79.9. The number of ether oxygens (including phenoxy) is 1. The molecule has 0 aliphatic heterocycles. The molecule has 0 saturated carbocycles. The molecule has 1 heterocycles. The molecule has 3 aromatic carbocycles. The van der Waals surface area contributed by atoms with Gasteiger partial charge in [-0.15, -0.1) is 0 Å². The largest absolute Gasteiger partial charge is 0.465 e. The lowest BCUT2D eigenvalue weighted by Crippen LogP contribution is -2.15. The van der Waals surface area contributed by atoms with Gasteiger partial charge in [0, 0.05) is 26.3 Å². The molecule has 4 aromatic rings. The summed E-state index contributed by atoms with van der Waals surface area (Å²) in [7, 11) is 1.23. The lowest BCUT2D eigenvalue weighted by molar-refractivity contribution is 0.0600. The van der Waals surface area contributed by atoms with Crippen LogP contribution in [0.4, 0.5) is 10.1 Å². The number of hydrogen-bond acceptors (Lipinski definition) is 5. The minimum atomic E-state index is -1.25. The van der Waals surface area contributed by atoms with Crippen molar-refractivity contribution in [2.45, 2.75) is 11.6 Å². The summed E-state index contributed by atoms with van der Waals surface area (Å²) < 4.78 is 20.2. The first-order valence-corrected chi connectivity index (χ1v) is 11.9. The zero-order valence-corrected chi connectivity index (χ0v) is 20.7. The van der Waals surface area contributed by atoms with Crippen molar-refractivity contribution in [2.24, 2.45) is 0 Å². The van der Waals surface area contributed by atoms with Crippen molar-refractivity contribution in [3.05, 3.63) is 93.7 Å². The molecule has 0 radical (unpaired) electrons. The second-order valence-electron chi connectivity index (χ2n) is 7.25. The Labute approximate surface area is 206 Å². The van der Waals surface area contributed by atoms with Crippen LogP contribution >= 0.6 is 31.9 Å². The number of aromatic nitrogens is 1. The van der Waals surface area contributed by atoms with Gasteiger partial charge in [0.25, 0.3) is 0 Å². The fourth-order valence-electron chi connectivity index (χ4n) is 3.68. The van der Waals surface area contributed by atoms with E-state index in [4.69, 9.17) is 4.98 Å². The number of aliphatic hydroxyl groups excluding tert-OH is 1. The number of carbonyl (C=O) groups is 1. The van der Waals surface area contributed by atoms with Gasteiger partial charge in [-0.1, -0.05) is 62.2 Å². The first kappa shape index (κ1) is 23.4. The molecule has 1 atom stereocenters. The Hall–Kier alpha value is -2.81. The molecule has 1 aromatic heterocycles. The molecule has 168 valence electrons. The minimum absolute atomic E-state index is 0.0527. The summed E-state index contributed by atoms with van der Waals surface area (Å²) in [6.07, 6.45) is -1.25. The van der Waals surface area contributed by atoms with Gasteiger partial charge in [0.15, 0.2) is 6.23 Å². The van der Waals surface area contributed by atoms with Gasteiger partial charge in [-0.3, -0.25) is 0 Å². The number of pyridine rings is 1. The van der Waals surface area contributed by atoms with E-state index in [2.05, 4.69) is 41.9 Å². The highest BCUT2D eigenvalue weighted by Gasteiger charge is 2.22. The van der Waals surface area contributed by atoms with Gasteiger partial charge >= 0.3 is 5.97 Å². The van der Waals surface area contributed by atoms with Crippen molar-refractivity contribution < 1.29 is 19.0 Å². The van der Waals surface area contributed by atoms with Crippen LogP contribution in [0, 0.1) is 5.82 Å². The molecular formula is C25H19Br2FN2O3. The maximum atomic E-state index is 14.7. The summed E-state index contributed by atoms with van der Waals surface area (Å²) >= 11 is 7.03. The topological polar surface area (TPSA) is 71.5 Å². The lowest BCUT2D eigenvalue weighted by atomic mass is 9.96. The average Bonchev–Trinajstić information content (AvgIpc) is 2.83. The SMILES string of the molecule is COC(=O)c1ccc(NC(O)c2c(CBr)c(-c3ccccc3)nc3ccc(Br)cc23)c(F)c1.